The van der Waals surface area contributed by atoms with Gasteiger partial charge >= 0.3 is 5.97 Å². The van der Waals surface area contributed by atoms with Gasteiger partial charge in [-0.05, 0) is 90.0 Å². The minimum atomic E-state index is -0.326. The van der Waals surface area contributed by atoms with Gasteiger partial charge in [0.2, 0.25) is 12.5 Å². The van der Waals surface area contributed by atoms with Gasteiger partial charge in [-0.25, -0.2) is 0 Å². The first-order valence-corrected chi connectivity index (χ1v) is 18.9. The average Bonchev–Trinajstić information content (AvgIpc) is 3.66. The van der Waals surface area contributed by atoms with Crippen LogP contribution in [-0.4, -0.2) is 46.8 Å². The molecular weight excluding hydrogens is 695 g/mol. The summed E-state index contributed by atoms with van der Waals surface area (Å²) in [5.41, 5.74) is 8.19. The zero-order valence-electron chi connectivity index (χ0n) is 31.9. The lowest BCUT2D eigenvalue weighted by atomic mass is 9.90. The molecule has 0 spiro atoms. The topological polar surface area (TPSA) is 85.6 Å². The number of hydrogen-bond acceptors (Lipinski definition) is 8. The predicted octanol–water partition coefficient (Wildman–Crippen LogP) is 8.56. The smallest absolute Gasteiger partial charge is 0.310 e. The number of carbonyl (C=O) groups is 1. The van der Waals surface area contributed by atoms with Crippen LogP contribution in [0.5, 0.6) is 34.5 Å². The molecule has 5 aromatic rings. The number of pyridine rings is 1. The van der Waals surface area contributed by atoms with Gasteiger partial charge in [0, 0.05) is 29.4 Å². The standard InChI is InChI=1S/C46H48NO8/c1-6-10-30-12-15-40(35(23-30)31-13-16-39(51-20-8-3)33(24-31)11-7-2)52-21-9-22-53-44(48)27-37-34-14-17-41(49-4)46(50-5)38(34)28-47-19-18-32-25-42-43(55-29-54-42)26-36(32)45(37)47/h6-7,12-17,23-26,28H,1-2,8-11,18-22,27,29H2,3-5H3/q+1. The summed E-state index contributed by atoms with van der Waals surface area (Å²) in [7, 11) is 3.25. The molecule has 2 aliphatic heterocycles. The molecule has 55 heavy (non-hydrogen) atoms. The Hall–Kier alpha value is -5.96. The maximum Gasteiger partial charge on any atom is 0.310 e. The first kappa shape index (κ1) is 37.4. The third-order valence-electron chi connectivity index (χ3n) is 9.99. The SMILES string of the molecule is C=CCc1ccc(OCCCOC(=O)Cc2c3[n+](cc4c(OC)c(OC)ccc24)CCc2cc4c(cc2-3)OCO4)c(-c2ccc(OCCC)c(CC=C)c2)c1. The lowest BCUT2D eigenvalue weighted by Crippen LogP contribution is -2.41. The molecule has 0 atom stereocenters. The predicted molar refractivity (Wildman–Crippen MR) is 213 cm³/mol. The third kappa shape index (κ3) is 7.83. The highest BCUT2D eigenvalue weighted by atomic mass is 16.7. The van der Waals surface area contributed by atoms with E-state index >= 15 is 0 Å². The van der Waals surface area contributed by atoms with Crippen LogP contribution in [0.4, 0.5) is 0 Å². The number of ether oxygens (including phenoxy) is 7. The zero-order chi connectivity index (χ0) is 38.3. The van der Waals surface area contributed by atoms with Crippen LogP contribution in [0.2, 0.25) is 0 Å². The molecular formula is C46H48NO8+. The molecule has 2 aliphatic rings. The van der Waals surface area contributed by atoms with Crippen LogP contribution in [0.3, 0.4) is 0 Å². The van der Waals surface area contributed by atoms with Crippen LogP contribution in [0.1, 0.15) is 42.0 Å². The summed E-state index contributed by atoms with van der Waals surface area (Å²) >= 11 is 0. The van der Waals surface area contributed by atoms with Gasteiger partial charge in [0.15, 0.2) is 35.7 Å². The number of aromatic nitrogens is 1. The van der Waals surface area contributed by atoms with E-state index in [0.717, 1.165) is 98.5 Å². The molecule has 9 nitrogen and oxygen atoms in total. The highest BCUT2D eigenvalue weighted by molar-refractivity contribution is 5.97. The number of benzene rings is 4. The van der Waals surface area contributed by atoms with Crippen molar-refractivity contribution in [2.24, 2.45) is 0 Å². The van der Waals surface area contributed by atoms with Crippen molar-refractivity contribution >= 4 is 16.7 Å². The number of fused-ring (bicyclic) bond motifs is 5. The summed E-state index contributed by atoms with van der Waals surface area (Å²) < 4.78 is 43.3. The largest absolute Gasteiger partial charge is 0.493 e. The van der Waals surface area contributed by atoms with Gasteiger partial charge < -0.3 is 33.2 Å². The Morgan fingerprint density at radius 1 is 0.818 bits per heavy atom. The molecule has 0 amide bonds. The van der Waals surface area contributed by atoms with E-state index in [-0.39, 0.29) is 25.8 Å². The van der Waals surface area contributed by atoms with Crippen LogP contribution >= 0.6 is 0 Å². The van der Waals surface area contributed by atoms with Crippen molar-refractivity contribution in [1.82, 2.24) is 0 Å². The van der Waals surface area contributed by atoms with Gasteiger partial charge in [0.25, 0.3) is 0 Å². The number of rotatable bonds is 17. The second kappa shape index (κ2) is 17.0. The van der Waals surface area contributed by atoms with E-state index in [4.69, 9.17) is 33.2 Å². The van der Waals surface area contributed by atoms with Crippen molar-refractivity contribution in [2.75, 3.05) is 40.8 Å². The minimum absolute atomic E-state index is 0.0663. The van der Waals surface area contributed by atoms with Crippen molar-refractivity contribution in [3.8, 4) is 56.9 Å². The number of methoxy groups -OCH3 is 2. The van der Waals surface area contributed by atoms with Crippen LogP contribution < -0.4 is 33.0 Å². The first-order valence-electron chi connectivity index (χ1n) is 18.9. The Morgan fingerprint density at radius 2 is 1.60 bits per heavy atom. The van der Waals surface area contributed by atoms with Crippen LogP contribution in [0.25, 0.3) is 33.2 Å². The van der Waals surface area contributed by atoms with Crippen LogP contribution in [0.15, 0.2) is 92.2 Å². The van der Waals surface area contributed by atoms with E-state index in [1.165, 1.54) is 0 Å². The molecule has 0 saturated heterocycles. The molecule has 9 heteroatoms. The van der Waals surface area contributed by atoms with E-state index < -0.39 is 0 Å². The molecule has 0 fully saturated rings. The van der Waals surface area contributed by atoms with Gasteiger partial charge in [-0.2, -0.15) is 4.57 Å². The molecule has 0 bridgehead atoms. The fourth-order valence-corrected chi connectivity index (χ4v) is 7.45. The Kier molecular flexibility index (Phi) is 11.6. The zero-order valence-corrected chi connectivity index (χ0v) is 31.9. The molecule has 4 aromatic carbocycles. The van der Waals surface area contributed by atoms with E-state index in [0.29, 0.717) is 43.3 Å². The number of carbonyl (C=O) groups excluding carboxylic acids is 1. The molecule has 0 saturated carbocycles. The Balaban J connectivity index is 1.09. The lowest BCUT2D eigenvalue weighted by molar-refractivity contribution is -0.686. The highest BCUT2D eigenvalue weighted by Gasteiger charge is 2.33. The second-order valence-corrected chi connectivity index (χ2v) is 13.6. The summed E-state index contributed by atoms with van der Waals surface area (Å²) in [5.74, 6) is 3.98. The lowest BCUT2D eigenvalue weighted by Gasteiger charge is -2.20. The Bertz CT molecular complexity index is 2240. The molecule has 0 radical (unpaired) electrons. The molecule has 0 unspecified atom stereocenters. The number of esters is 1. The fraction of sp³-hybridized carbons (Fsp3) is 0.304. The van der Waals surface area contributed by atoms with Gasteiger partial charge in [-0.15, -0.1) is 13.2 Å². The summed E-state index contributed by atoms with van der Waals surface area (Å²) in [6.45, 7) is 12.1. The molecule has 7 rings (SSSR count). The molecule has 3 heterocycles. The fourth-order valence-electron chi connectivity index (χ4n) is 7.45. The summed E-state index contributed by atoms with van der Waals surface area (Å²) in [6, 6.07) is 20.4. The Morgan fingerprint density at radius 3 is 2.38 bits per heavy atom. The van der Waals surface area contributed by atoms with Gasteiger partial charge in [-0.1, -0.05) is 31.2 Å². The average molecular weight is 743 g/mol. The second-order valence-electron chi connectivity index (χ2n) is 13.6. The van der Waals surface area contributed by atoms with Crippen LogP contribution in [-0.2, 0) is 41.8 Å². The maximum absolute atomic E-state index is 13.7. The normalized spacial score (nSPS) is 12.4. The van der Waals surface area contributed by atoms with Gasteiger partial charge in [0.1, 0.15) is 11.5 Å². The maximum atomic E-state index is 13.7. The number of aryl methyl sites for hydroxylation is 2. The van der Waals surface area contributed by atoms with Crippen LogP contribution in [0, 0.1) is 0 Å². The Labute approximate surface area is 322 Å². The van der Waals surface area contributed by atoms with Crippen molar-refractivity contribution in [3.05, 3.63) is 114 Å². The monoisotopic (exact) mass is 742 g/mol. The summed E-state index contributed by atoms with van der Waals surface area (Å²) in [6.07, 6.45) is 9.63. The summed E-state index contributed by atoms with van der Waals surface area (Å²) in [5, 5.41) is 1.75. The third-order valence-corrected chi connectivity index (χ3v) is 9.99. The minimum Gasteiger partial charge on any atom is -0.493 e. The molecule has 1 aromatic heterocycles. The van der Waals surface area contributed by atoms with Gasteiger partial charge in [-0.3, -0.25) is 4.79 Å². The molecule has 0 N–H and O–H groups in total. The highest BCUT2D eigenvalue weighted by Crippen LogP contribution is 2.44. The first-order chi connectivity index (χ1) is 27.0. The number of nitrogens with zero attached hydrogens (tertiary/aromatic N) is 1. The van der Waals surface area contributed by atoms with Crippen molar-refractivity contribution in [1.29, 1.82) is 0 Å². The van der Waals surface area contributed by atoms with E-state index in [2.05, 4.69) is 61.2 Å². The van der Waals surface area contributed by atoms with E-state index in [1.807, 2.05) is 42.5 Å². The van der Waals surface area contributed by atoms with Gasteiger partial charge in [0.05, 0.1) is 51.4 Å². The quantitative estimate of drug-likeness (QED) is 0.0406. The van der Waals surface area contributed by atoms with Crippen molar-refractivity contribution in [2.45, 2.75) is 52.0 Å². The number of hydrogen-bond donors (Lipinski definition) is 0. The van der Waals surface area contributed by atoms with E-state index in [1.54, 1.807) is 14.2 Å². The van der Waals surface area contributed by atoms with Crippen molar-refractivity contribution < 1.29 is 42.5 Å². The molecule has 0 aliphatic carbocycles. The van der Waals surface area contributed by atoms with Crippen molar-refractivity contribution in [3.63, 3.8) is 0 Å². The molecule has 284 valence electrons. The summed E-state index contributed by atoms with van der Waals surface area (Å²) in [4.78, 5) is 13.7. The number of allylic oxidation sites excluding steroid dienone is 2. The van der Waals surface area contributed by atoms with E-state index in [9.17, 15) is 4.79 Å².